The van der Waals surface area contributed by atoms with Crippen molar-refractivity contribution in [3.63, 3.8) is 0 Å². The Balaban J connectivity index is 2.12. The molecular weight excluding hydrogens is 366 g/mol. The fourth-order valence-corrected chi connectivity index (χ4v) is 3.72. The molecule has 0 saturated carbocycles. The number of ether oxygens (including phenoxy) is 1. The molecule has 0 aliphatic rings. The van der Waals surface area contributed by atoms with E-state index in [9.17, 15) is 9.59 Å². The molecule has 0 aliphatic carbocycles. The number of nitrogens with zero attached hydrogens (tertiary/aromatic N) is 3. The summed E-state index contributed by atoms with van der Waals surface area (Å²) >= 11 is 0. The van der Waals surface area contributed by atoms with Gasteiger partial charge in [0.1, 0.15) is 5.75 Å². The summed E-state index contributed by atoms with van der Waals surface area (Å²) in [6.45, 7) is 4.56. The van der Waals surface area contributed by atoms with Crippen molar-refractivity contribution in [2.24, 2.45) is 14.1 Å². The molecule has 0 spiro atoms. The molecule has 29 heavy (non-hydrogen) atoms. The lowest BCUT2D eigenvalue weighted by atomic mass is 10.0. The second-order valence-corrected chi connectivity index (χ2v) is 7.06. The van der Waals surface area contributed by atoms with Gasteiger partial charge in [-0.3, -0.25) is 13.9 Å². The molecular formula is C23H23N3O3. The summed E-state index contributed by atoms with van der Waals surface area (Å²) in [6.07, 6.45) is 1.86. The Bertz CT molecular complexity index is 1320. The van der Waals surface area contributed by atoms with Crippen LogP contribution in [0.1, 0.15) is 12.5 Å². The van der Waals surface area contributed by atoms with E-state index < -0.39 is 0 Å². The molecule has 0 N–H and O–H groups in total. The molecule has 148 valence electrons. The minimum absolute atomic E-state index is 0.300. The van der Waals surface area contributed by atoms with Crippen LogP contribution >= 0.6 is 0 Å². The third-order valence-corrected chi connectivity index (χ3v) is 5.27. The number of benzene rings is 2. The van der Waals surface area contributed by atoms with E-state index in [0.717, 1.165) is 32.8 Å². The number of hydrogen-bond acceptors (Lipinski definition) is 3. The van der Waals surface area contributed by atoms with Crippen LogP contribution in [0.3, 0.4) is 0 Å². The van der Waals surface area contributed by atoms with Gasteiger partial charge in [0, 0.05) is 31.5 Å². The van der Waals surface area contributed by atoms with Crippen LogP contribution in [0.15, 0.2) is 64.3 Å². The van der Waals surface area contributed by atoms with Crippen molar-refractivity contribution in [1.29, 1.82) is 0 Å². The SMILES string of the molecule is CCOc1ccc(-n2cc3c(c2-c2ccccc2C)c(=O)n(C)c(=O)n3C)cc1. The van der Waals surface area contributed by atoms with E-state index in [4.69, 9.17) is 4.74 Å². The van der Waals surface area contributed by atoms with Crippen LogP contribution in [0.5, 0.6) is 5.75 Å². The Kier molecular flexibility index (Phi) is 4.62. The number of rotatable bonds is 4. The van der Waals surface area contributed by atoms with Crippen LogP contribution < -0.4 is 16.0 Å². The summed E-state index contributed by atoms with van der Waals surface area (Å²) in [7, 11) is 3.20. The van der Waals surface area contributed by atoms with Crippen molar-refractivity contribution in [3.8, 4) is 22.7 Å². The smallest absolute Gasteiger partial charge is 0.330 e. The molecule has 2 heterocycles. The van der Waals surface area contributed by atoms with Crippen LogP contribution in [-0.4, -0.2) is 20.3 Å². The van der Waals surface area contributed by atoms with Crippen molar-refractivity contribution in [2.75, 3.05) is 6.61 Å². The van der Waals surface area contributed by atoms with E-state index in [0.29, 0.717) is 17.5 Å². The largest absolute Gasteiger partial charge is 0.494 e. The molecule has 0 aliphatic heterocycles. The minimum atomic E-state index is -0.345. The second-order valence-electron chi connectivity index (χ2n) is 7.06. The Morgan fingerprint density at radius 1 is 0.931 bits per heavy atom. The van der Waals surface area contributed by atoms with E-state index in [1.54, 1.807) is 7.05 Å². The summed E-state index contributed by atoms with van der Waals surface area (Å²) in [5.74, 6) is 0.786. The predicted octanol–water partition coefficient (Wildman–Crippen LogP) is 3.40. The first kappa shape index (κ1) is 18.8. The highest BCUT2D eigenvalue weighted by Gasteiger charge is 2.21. The quantitative estimate of drug-likeness (QED) is 0.538. The lowest BCUT2D eigenvalue weighted by molar-refractivity contribution is 0.340. The Morgan fingerprint density at radius 2 is 1.62 bits per heavy atom. The Hall–Kier alpha value is -3.54. The number of aryl methyl sites for hydroxylation is 2. The van der Waals surface area contributed by atoms with Crippen molar-refractivity contribution in [2.45, 2.75) is 13.8 Å². The first-order valence-corrected chi connectivity index (χ1v) is 9.54. The highest BCUT2D eigenvalue weighted by molar-refractivity contribution is 5.95. The lowest BCUT2D eigenvalue weighted by Crippen LogP contribution is -2.36. The highest BCUT2D eigenvalue weighted by atomic mass is 16.5. The summed E-state index contributed by atoms with van der Waals surface area (Å²) in [5.41, 5.74) is 3.62. The number of aromatic nitrogens is 3. The molecule has 0 unspecified atom stereocenters. The van der Waals surface area contributed by atoms with Crippen molar-refractivity contribution in [1.82, 2.24) is 13.7 Å². The molecule has 0 amide bonds. The Morgan fingerprint density at radius 3 is 2.28 bits per heavy atom. The van der Waals surface area contributed by atoms with Gasteiger partial charge in [-0.15, -0.1) is 0 Å². The zero-order chi connectivity index (χ0) is 20.7. The Labute approximate surface area is 168 Å². The van der Waals surface area contributed by atoms with Crippen LogP contribution in [0.2, 0.25) is 0 Å². The van der Waals surface area contributed by atoms with E-state index in [-0.39, 0.29) is 11.2 Å². The average molecular weight is 389 g/mol. The molecule has 0 bridgehead atoms. The summed E-state index contributed by atoms with van der Waals surface area (Å²) < 4.78 is 10.2. The zero-order valence-corrected chi connectivity index (χ0v) is 17.0. The van der Waals surface area contributed by atoms with Gasteiger partial charge in [0.2, 0.25) is 0 Å². The topological polar surface area (TPSA) is 58.2 Å². The molecule has 0 atom stereocenters. The molecule has 4 aromatic rings. The van der Waals surface area contributed by atoms with E-state index in [1.807, 2.05) is 73.1 Å². The third-order valence-electron chi connectivity index (χ3n) is 5.27. The maximum Gasteiger partial charge on any atom is 0.330 e. The minimum Gasteiger partial charge on any atom is -0.494 e. The first-order chi connectivity index (χ1) is 13.9. The van der Waals surface area contributed by atoms with Crippen LogP contribution in [0.4, 0.5) is 0 Å². The van der Waals surface area contributed by atoms with Crippen LogP contribution in [0.25, 0.3) is 27.8 Å². The van der Waals surface area contributed by atoms with Crippen LogP contribution in [0, 0.1) is 6.92 Å². The van der Waals surface area contributed by atoms with Crippen molar-refractivity contribution < 1.29 is 4.74 Å². The normalized spacial score (nSPS) is 11.2. The molecule has 0 saturated heterocycles. The predicted molar refractivity (Wildman–Crippen MR) is 115 cm³/mol. The molecule has 2 aromatic heterocycles. The van der Waals surface area contributed by atoms with Crippen molar-refractivity contribution >= 4 is 10.9 Å². The van der Waals surface area contributed by atoms with E-state index in [2.05, 4.69) is 0 Å². The van der Waals surface area contributed by atoms with Crippen molar-refractivity contribution in [3.05, 3.63) is 81.1 Å². The number of fused-ring (bicyclic) bond motifs is 1. The molecule has 2 aromatic carbocycles. The van der Waals surface area contributed by atoms with Gasteiger partial charge in [-0.1, -0.05) is 24.3 Å². The monoisotopic (exact) mass is 389 g/mol. The lowest BCUT2D eigenvalue weighted by Gasteiger charge is -2.13. The maximum atomic E-state index is 13.1. The first-order valence-electron chi connectivity index (χ1n) is 9.54. The average Bonchev–Trinajstić information content (AvgIpc) is 3.12. The van der Waals surface area contributed by atoms with E-state index in [1.165, 1.54) is 11.6 Å². The molecule has 4 rings (SSSR count). The van der Waals surface area contributed by atoms with Gasteiger partial charge >= 0.3 is 5.69 Å². The fraction of sp³-hybridized carbons (Fsp3) is 0.217. The molecule has 0 radical (unpaired) electrons. The summed E-state index contributed by atoms with van der Waals surface area (Å²) in [5, 5.41) is 0.526. The molecule has 6 nitrogen and oxygen atoms in total. The van der Waals surface area contributed by atoms with Gasteiger partial charge in [-0.05, 0) is 43.7 Å². The summed E-state index contributed by atoms with van der Waals surface area (Å²) in [6, 6.07) is 15.7. The van der Waals surface area contributed by atoms with Gasteiger partial charge in [0.25, 0.3) is 5.56 Å². The summed E-state index contributed by atoms with van der Waals surface area (Å²) in [4.78, 5) is 25.6. The van der Waals surface area contributed by atoms with E-state index >= 15 is 0 Å². The standard InChI is InChI=1S/C23H23N3O3/c1-5-29-17-12-10-16(11-13-17)26-14-19-20(22(27)25(4)23(28)24(19)3)21(26)18-9-7-6-8-15(18)2/h6-14H,5H2,1-4H3. The van der Waals surface area contributed by atoms with Gasteiger partial charge in [0.05, 0.1) is 23.2 Å². The highest BCUT2D eigenvalue weighted by Crippen LogP contribution is 2.33. The number of hydrogen-bond donors (Lipinski definition) is 0. The maximum absolute atomic E-state index is 13.1. The zero-order valence-electron chi connectivity index (χ0n) is 17.0. The van der Waals surface area contributed by atoms with Crippen LogP contribution in [-0.2, 0) is 14.1 Å². The fourth-order valence-electron chi connectivity index (χ4n) is 3.72. The van der Waals surface area contributed by atoms with Gasteiger partial charge in [0.15, 0.2) is 0 Å². The van der Waals surface area contributed by atoms with Gasteiger partial charge in [-0.2, -0.15) is 0 Å². The van der Waals surface area contributed by atoms with Gasteiger partial charge < -0.3 is 9.30 Å². The molecule has 6 heteroatoms. The second kappa shape index (κ2) is 7.13. The third kappa shape index (κ3) is 2.97. The molecule has 0 fully saturated rings. The van der Waals surface area contributed by atoms with Gasteiger partial charge in [-0.25, -0.2) is 4.79 Å².